The zero-order valence-electron chi connectivity index (χ0n) is 12.0. The van der Waals surface area contributed by atoms with Crippen LogP contribution < -0.4 is 5.32 Å². The maximum atomic E-state index is 12.8. The number of hydrogen-bond acceptors (Lipinski definition) is 5. The highest BCUT2D eigenvalue weighted by Crippen LogP contribution is 2.29. The molecule has 7 heteroatoms. The molecule has 1 aromatic rings. The average molecular weight is 312 g/mol. The number of nitrogens with zero attached hydrogens (tertiary/aromatic N) is 1. The zero-order chi connectivity index (χ0) is 15.5. The van der Waals surface area contributed by atoms with Crippen LogP contribution in [-0.2, 0) is 9.84 Å². The lowest BCUT2D eigenvalue weighted by Crippen LogP contribution is -2.41. The molecule has 2 atom stereocenters. The second kappa shape index (κ2) is 6.53. The van der Waals surface area contributed by atoms with Crippen LogP contribution >= 0.6 is 0 Å². The van der Waals surface area contributed by atoms with Crippen molar-refractivity contribution in [1.29, 1.82) is 0 Å². The second-order valence-electron chi connectivity index (χ2n) is 5.37. The van der Waals surface area contributed by atoms with Crippen LogP contribution in [0.2, 0.25) is 0 Å². The molecule has 2 rings (SSSR count). The van der Waals surface area contributed by atoms with Crippen LogP contribution in [0.25, 0.3) is 0 Å². The van der Waals surface area contributed by atoms with E-state index >= 15 is 0 Å². The average Bonchev–Trinajstić information content (AvgIpc) is 2.72. The van der Waals surface area contributed by atoms with Gasteiger partial charge in [0, 0.05) is 18.2 Å². The van der Waals surface area contributed by atoms with Crippen molar-refractivity contribution < 1.29 is 13.3 Å². The molecule has 1 saturated carbocycles. The van der Waals surface area contributed by atoms with Crippen molar-refractivity contribution in [3.05, 3.63) is 34.4 Å². The molecule has 0 amide bonds. The summed E-state index contributed by atoms with van der Waals surface area (Å²) in [7, 11) is -1.69. The molecule has 0 aliphatic heterocycles. The van der Waals surface area contributed by atoms with Gasteiger partial charge in [0.25, 0.3) is 5.69 Å². The maximum Gasteiger partial charge on any atom is 0.269 e. The lowest BCUT2D eigenvalue weighted by Gasteiger charge is -2.24. The van der Waals surface area contributed by atoms with Gasteiger partial charge in [0.1, 0.15) is 0 Å². The summed E-state index contributed by atoms with van der Waals surface area (Å²) in [5.41, 5.74) is -0.0972. The molecule has 1 aromatic carbocycles. The summed E-state index contributed by atoms with van der Waals surface area (Å²) in [6, 6.07) is 5.11. The molecule has 1 aliphatic rings. The molecule has 0 bridgehead atoms. The van der Waals surface area contributed by atoms with E-state index in [0.717, 1.165) is 25.7 Å². The molecule has 0 aromatic heterocycles. The summed E-state index contributed by atoms with van der Waals surface area (Å²) in [4.78, 5) is 10.3. The molecule has 0 heterocycles. The topological polar surface area (TPSA) is 89.3 Å². The molecule has 0 spiro atoms. The summed E-state index contributed by atoms with van der Waals surface area (Å²) >= 11 is 0. The van der Waals surface area contributed by atoms with Crippen molar-refractivity contribution in [3.63, 3.8) is 0 Å². The van der Waals surface area contributed by atoms with Gasteiger partial charge < -0.3 is 5.32 Å². The number of hydrogen-bond donors (Lipinski definition) is 1. The Kier molecular flexibility index (Phi) is 4.95. The largest absolute Gasteiger partial charge is 0.316 e. The van der Waals surface area contributed by atoms with Crippen molar-refractivity contribution in [2.75, 3.05) is 7.05 Å². The third kappa shape index (κ3) is 3.41. The Morgan fingerprint density at radius 1 is 1.14 bits per heavy atom. The minimum Gasteiger partial charge on any atom is -0.316 e. The maximum absolute atomic E-state index is 12.8. The van der Waals surface area contributed by atoms with Crippen LogP contribution in [-0.4, -0.2) is 31.7 Å². The number of rotatable bonds is 4. The Bertz CT molecular complexity index is 598. The summed E-state index contributed by atoms with van der Waals surface area (Å²) in [6.07, 6.45) is 4.44. The molecule has 116 valence electrons. The van der Waals surface area contributed by atoms with Gasteiger partial charge in [-0.2, -0.15) is 0 Å². The van der Waals surface area contributed by atoms with Crippen LogP contribution in [0, 0.1) is 10.1 Å². The van der Waals surface area contributed by atoms with Gasteiger partial charge in [-0.15, -0.1) is 0 Å². The summed E-state index contributed by atoms with van der Waals surface area (Å²) in [6.45, 7) is 0. The number of nitrogens with one attached hydrogen (secondary N) is 1. The van der Waals surface area contributed by atoms with Gasteiger partial charge in [0.2, 0.25) is 0 Å². The van der Waals surface area contributed by atoms with Gasteiger partial charge in [0.05, 0.1) is 15.1 Å². The predicted octanol–water partition coefficient (Wildman–Crippen LogP) is 2.29. The Hall–Kier alpha value is -1.47. The third-order valence-electron chi connectivity index (χ3n) is 4.10. The van der Waals surface area contributed by atoms with E-state index in [1.165, 1.54) is 24.3 Å². The first-order chi connectivity index (χ1) is 9.96. The molecule has 1 N–H and O–H groups in total. The number of sulfone groups is 1. The number of non-ortho nitro benzene ring substituents is 1. The lowest BCUT2D eigenvalue weighted by molar-refractivity contribution is -0.384. The molecule has 0 saturated heterocycles. The SMILES string of the molecule is CNC1CCCCCC1S(=O)(=O)c1ccc([N+](=O)[O-])cc1. The molecule has 0 radical (unpaired) electrons. The van der Waals surface area contributed by atoms with E-state index in [1.807, 2.05) is 0 Å². The van der Waals surface area contributed by atoms with E-state index in [2.05, 4.69) is 5.32 Å². The first kappa shape index (κ1) is 15.9. The molecule has 1 aliphatic carbocycles. The monoisotopic (exact) mass is 312 g/mol. The minimum atomic E-state index is -3.47. The fraction of sp³-hybridized carbons (Fsp3) is 0.571. The highest BCUT2D eigenvalue weighted by molar-refractivity contribution is 7.92. The van der Waals surface area contributed by atoms with Crippen molar-refractivity contribution in [2.45, 2.75) is 48.3 Å². The van der Waals surface area contributed by atoms with Crippen molar-refractivity contribution >= 4 is 15.5 Å². The van der Waals surface area contributed by atoms with E-state index in [4.69, 9.17) is 0 Å². The fourth-order valence-electron chi connectivity index (χ4n) is 2.91. The van der Waals surface area contributed by atoms with Crippen molar-refractivity contribution in [3.8, 4) is 0 Å². The Morgan fingerprint density at radius 3 is 2.33 bits per heavy atom. The Balaban J connectivity index is 2.32. The molecule has 2 unspecified atom stereocenters. The number of nitro benzene ring substituents is 1. The van der Waals surface area contributed by atoms with Gasteiger partial charge in [-0.1, -0.05) is 19.3 Å². The predicted molar refractivity (Wildman–Crippen MR) is 80.0 cm³/mol. The van der Waals surface area contributed by atoms with Crippen LogP contribution in [0.4, 0.5) is 5.69 Å². The number of benzene rings is 1. The second-order valence-corrected chi connectivity index (χ2v) is 7.53. The first-order valence-electron chi connectivity index (χ1n) is 7.12. The first-order valence-corrected chi connectivity index (χ1v) is 8.67. The van der Waals surface area contributed by atoms with E-state index in [0.29, 0.717) is 6.42 Å². The van der Waals surface area contributed by atoms with Crippen LogP contribution in [0.5, 0.6) is 0 Å². The van der Waals surface area contributed by atoms with Crippen molar-refractivity contribution in [2.24, 2.45) is 0 Å². The molecule has 6 nitrogen and oxygen atoms in total. The van der Waals surface area contributed by atoms with Gasteiger partial charge >= 0.3 is 0 Å². The Morgan fingerprint density at radius 2 is 1.76 bits per heavy atom. The fourth-order valence-corrected chi connectivity index (χ4v) is 4.95. The van der Waals surface area contributed by atoms with Gasteiger partial charge in [-0.3, -0.25) is 10.1 Å². The zero-order valence-corrected chi connectivity index (χ0v) is 12.8. The minimum absolute atomic E-state index is 0.0623. The van der Waals surface area contributed by atoms with Crippen molar-refractivity contribution in [1.82, 2.24) is 5.32 Å². The molecular formula is C14H20N2O4S. The van der Waals surface area contributed by atoms with E-state index in [9.17, 15) is 18.5 Å². The highest BCUT2D eigenvalue weighted by Gasteiger charge is 2.34. The van der Waals surface area contributed by atoms with Gasteiger partial charge in [0.15, 0.2) is 9.84 Å². The van der Waals surface area contributed by atoms with Gasteiger partial charge in [-0.05, 0) is 32.0 Å². The van der Waals surface area contributed by atoms with Crippen LogP contribution in [0.1, 0.15) is 32.1 Å². The molecule has 21 heavy (non-hydrogen) atoms. The summed E-state index contributed by atoms with van der Waals surface area (Å²) < 4.78 is 25.6. The smallest absolute Gasteiger partial charge is 0.269 e. The molecule has 1 fully saturated rings. The normalized spacial score (nSPS) is 23.5. The van der Waals surface area contributed by atoms with E-state index < -0.39 is 20.0 Å². The van der Waals surface area contributed by atoms with E-state index in [-0.39, 0.29) is 16.6 Å². The lowest BCUT2D eigenvalue weighted by atomic mass is 10.1. The Labute approximate surface area is 124 Å². The van der Waals surface area contributed by atoms with Crippen LogP contribution in [0.15, 0.2) is 29.2 Å². The van der Waals surface area contributed by atoms with Gasteiger partial charge in [-0.25, -0.2) is 8.42 Å². The van der Waals surface area contributed by atoms with Crippen LogP contribution in [0.3, 0.4) is 0 Å². The highest BCUT2D eigenvalue weighted by atomic mass is 32.2. The molecular weight excluding hydrogens is 292 g/mol. The number of nitro groups is 1. The summed E-state index contributed by atoms with van der Waals surface area (Å²) in [5.74, 6) is 0. The third-order valence-corrected chi connectivity index (χ3v) is 6.39. The quantitative estimate of drug-likeness (QED) is 0.523. The summed E-state index contributed by atoms with van der Waals surface area (Å²) in [5, 5.41) is 13.3. The van der Waals surface area contributed by atoms with E-state index in [1.54, 1.807) is 7.05 Å². The standard InChI is InChI=1S/C14H20N2O4S/c1-15-13-5-3-2-4-6-14(13)21(19,20)12-9-7-11(8-10-12)16(17)18/h7-10,13-15H,2-6H2,1H3.